The van der Waals surface area contributed by atoms with Crippen molar-refractivity contribution >= 4 is 11.9 Å². The van der Waals surface area contributed by atoms with Crippen LogP contribution >= 0.6 is 0 Å². The summed E-state index contributed by atoms with van der Waals surface area (Å²) in [5.41, 5.74) is -0.683. The van der Waals surface area contributed by atoms with E-state index in [9.17, 15) is 30.0 Å². The smallest absolute Gasteiger partial charge is 0.309 e. The molecule has 0 saturated carbocycles. The summed E-state index contributed by atoms with van der Waals surface area (Å²) in [7, 11) is 0. The Labute approximate surface area is 184 Å². The van der Waals surface area contributed by atoms with Crippen LogP contribution in [0.2, 0.25) is 0 Å². The van der Waals surface area contributed by atoms with Crippen LogP contribution in [0.15, 0.2) is 6.07 Å². The molecular formula is C24H38O7. The Hall–Kier alpha value is -2.44. The van der Waals surface area contributed by atoms with Crippen LogP contribution in [0.1, 0.15) is 90.2 Å². The van der Waals surface area contributed by atoms with Crippen LogP contribution in [0.25, 0.3) is 0 Å². The van der Waals surface area contributed by atoms with Crippen LogP contribution in [0.4, 0.5) is 0 Å². The molecule has 0 aliphatic rings. The minimum atomic E-state index is -0.857. The molecular weight excluding hydrogens is 400 g/mol. The number of carboxylic acids is 2. The van der Waals surface area contributed by atoms with E-state index in [1.165, 1.54) is 6.07 Å². The van der Waals surface area contributed by atoms with Crippen molar-refractivity contribution in [2.75, 3.05) is 0 Å². The molecule has 0 aromatic heterocycles. The summed E-state index contributed by atoms with van der Waals surface area (Å²) < 4.78 is 0. The van der Waals surface area contributed by atoms with Gasteiger partial charge >= 0.3 is 11.9 Å². The molecule has 0 amide bonds. The highest BCUT2D eigenvalue weighted by Crippen LogP contribution is 2.40. The normalized spacial score (nSPS) is 12.1. The molecule has 31 heavy (non-hydrogen) atoms. The van der Waals surface area contributed by atoms with Gasteiger partial charge in [0.25, 0.3) is 0 Å². The zero-order valence-electron chi connectivity index (χ0n) is 19.2. The largest absolute Gasteiger partial charge is 0.507 e. The highest BCUT2D eigenvalue weighted by atomic mass is 16.4. The van der Waals surface area contributed by atoms with Crippen molar-refractivity contribution in [2.24, 2.45) is 10.8 Å². The van der Waals surface area contributed by atoms with Crippen molar-refractivity contribution in [3.63, 3.8) is 0 Å². The zero-order chi connectivity index (χ0) is 23.8. The molecule has 0 atom stereocenters. The number of aliphatic carboxylic acids is 2. The number of benzene rings is 1. The molecule has 0 fully saturated rings. The minimum absolute atomic E-state index is 0.0141. The number of carbonyl (C=O) groups is 2. The molecule has 176 valence electrons. The van der Waals surface area contributed by atoms with E-state index in [1.807, 2.05) is 0 Å². The minimum Gasteiger partial charge on any atom is -0.507 e. The molecule has 0 radical (unpaired) electrons. The SMILES string of the molecule is CC(C)(CCCCCCc1cc(O)c(O)c(CCCCC(C)(C)C(=O)O)c1O)C(=O)O. The number of aryl methyl sites for hydroxylation is 1. The molecule has 0 unspecified atom stereocenters. The van der Waals surface area contributed by atoms with Crippen molar-refractivity contribution in [2.45, 2.75) is 91.9 Å². The Morgan fingerprint density at radius 2 is 1.16 bits per heavy atom. The number of unbranched alkanes of at least 4 members (excludes halogenated alkanes) is 4. The van der Waals surface area contributed by atoms with Crippen molar-refractivity contribution in [1.82, 2.24) is 0 Å². The molecule has 0 saturated heterocycles. The summed E-state index contributed by atoms with van der Waals surface area (Å²) in [6, 6.07) is 1.38. The molecule has 7 nitrogen and oxygen atoms in total. The maximum atomic E-state index is 11.2. The van der Waals surface area contributed by atoms with Crippen LogP contribution < -0.4 is 0 Å². The van der Waals surface area contributed by atoms with Gasteiger partial charge in [-0.25, -0.2) is 0 Å². The number of carboxylic acid groups (broad SMARTS) is 2. The summed E-state index contributed by atoms with van der Waals surface area (Å²) in [6.45, 7) is 6.77. The van der Waals surface area contributed by atoms with Crippen molar-refractivity contribution in [3.05, 3.63) is 17.2 Å². The summed E-state index contributed by atoms with van der Waals surface area (Å²) >= 11 is 0. The quantitative estimate of drug-likeness (QED) is 0.152. The second-order valence-corrected chi connectivity index (χ2v) is 9.73. The summed E-state index contributed by atoms with van der Waals surface area (Å²) in [4.78, 5) is 22.3. The Morgan fingerprint density at radius 1 is 0.710 bits per heavy atom. The van der Waals surface area contributed by atoms with Gasteiger partial charge in [0, 0.05) is 5.56 Å². The van der Waals surface area contributed by atoms with Gasteiger partial charge in [-0.2, -0.15) is 0 Å². The van der Waals surface area contributed by atoms with Crippen LogP contribution in [0.3, 0.4) is 0 Å². The van der Waals surface area contributed by atoms with Crippen LogP contribution in [0.5, 0.6) is 17.2 Å². The molecule has 0 aliphatic carbocycles. The predicted octanol–water partition coefficient (Wildman–Crippen LogP) is 5.23. The Bertz CT molecular complexity index is 766. The average Bonchev–Trinajstić information content (AvgIpc) is 2.67. The van der Waals surface area contributed by atoms with E-state index in [0.29, 0.717) is 49.7 Å². The zero-order valence-corrected chi connectivity index (χ0v) is 19.2. The van der Waals surface area contributed by atoms with E-state index in [0.717, 1.165) is 25.7 Å². The third kappa shape index (κ3) is 7.96. The molecule has 0 heterocycles. The van der Waals surface area contributed by atoms with E-state index in [4.69, 9.17) is 5.11 Å². The van der Waals surface area contributed by atoms with Gasteiger partial charge in [0.15, 0.2) is 11.5 Å². The van der Waals surface area contributed by atoms with E-state index in [-0.39, 0.29) is 17.2 Å². The van der Waals surface area contributed by atoms with Gasteiger partial charge < -0.3 is 25.5 Å². The number of phenols is 3. The third-order valence-electron chi connectivity index (χ3n) is 6.06. The number of hydrogen-bond acceptors (Lipinski definition) is 5. The first-order valence-electron chi connectivity index (χ1n) is 11.0. The molecule has 0 aliphatic heterocycles. The van der Waals surface area contributed by atoms with Crippen molar-refractivity contribution in [1.29, 1.82) is 0 Å². The van der Waals surface area contributed by atoms with Crippen LogP contribution in [-0.4, -0.2) is 37.5 Å². The van der Waals surface area contributed by atoms with E-state index in [2.05, 4.69) is 0 Å². The number of hydrogen-bond donors (Lipinski definition) is 5. The van der Waals surface area contributed by atoms with Crippen molar-refractivity contribution in [3.8, 4) is 17.2 Å². The second kappa shape index (κ2) is 11.3. The van der Waals surface area contributed by atoms with Gasteiger partial charge in [-0.3, -0.25) is 9.59 Å². The molecule has 0 spiro atoms. The number of phenolic OH excluding ortho intramolecular Hbond substituents is 3. The van der Waals surface area contributed by atoms with Crippen LogP contribution in [0, 0.1) is 10.8 Å². The van der Waals surface area contributed by atoms with E-state index < -0.39 is 22.8 Å². The van der Waals surface area contributed by atoms with Gasteiger partial charge in [0.1, 0.15) is 5.75 Å². The maximum Gasteiger partial charge on any atom is 0.309 e. The predicted molar refractivity (Wildman–Crippen MR) is 119 cm³/mol. The molecule has 1 aromatic rings. The topological polar surface area (TPSA) is 135 Å². The molecule has 5 N–H and O–H groups in total. The summed E-state index contributed by atoms with van der Waals surface area (Å²) in [5.74, 6) is -2.26. The standard InChI is InChI=1S/C24H38O7/c1-23(2,21(28)29)13-9-6-5-7-11-16-15-18(25)20(27)17(19(16)26)12-8-10-14-24(3,4)22(30)31/h15,25-27H,5-14H2,1-4H3,(H,28,29)(H,30,31). The van der Waals surface area contributed by atoms with Gasteiger partial charge in [0.05, 0.1) is 10.8 Å². The highest BCUT2D eigenvalue weighted by molar-refractivity contribution is 5.73. The fourth-order valence-electron chi connectivity index (χ4n) is 3.51. The monoisotopic (exact) mass is 438 g/mol. The van der Waals surface area contributed by atoms with Gasteiger partial charge in [-0.15, -0.1) is 0 Å². The first kappa shape index (κ1) is 26.6. The Morgan fingerprint density at radius 3 is 1.68 bits per heavy atom. The Kier molecular flexibility index (Phi) is 9.66. The lowest BCUT2D eigenvalue weighted by molar-refractivity contribution is -0.148. The average molecular weight is 439 g/mol. The molecule has 1 aromatic carbocycles. The van der Waals surface area contributed by atoms with E-state index in [1.54, 1.807) is 27.7 Å². The molecule has 0 bridgehead atoms. The molecule has 7 heteroatoms. The summed E-state index contributed by atoms with van der Waals surface area (Å²) in [6.07, 6.45) is 6.52. The second-order valence-electron chi connectivity index (χ2n) is 9.73. The van der Waals surface area contributed by atoms with E-state index >= 15 is 0 Å². The number of rotatable bonds is 14. The Balaban J connectivity index is 2.59. The summed E-state index contributed by atoms with van der Waals surface area (Å²) in [5, 5.41) is 49.1. The highest BCUT2D eigenvalue weighted by Gasteiger charge is 2.27. The lowest BCUT2D eigenvalue weighted by atomic mass is 9.86. The lowest BCUT2D eigenvalue weighted by Gasteiger charge is -2.19. The molecule has 1 rings (SSSR count). The van der Waals surface area contributed by atoms with Gasteiger partial charge in [-0.05, 0) is 77.8 Å². The first-order valence-corrected chi connectivity index (χ1v) is 11.0. The maximum absolute atomic E-state index is 11.2. The fraction of sp³-hybridized carbons (Fsp3) is 0.667. The van der Waals surface area contributed by atoms with Gasteiger partial charge in [-0.1, -0.05) is 25.7 Å². The van der Waals surface area contributed by atoms with Crippen molar-refractivity contribution < 1.29 is 35.1 Å². The first-order chi connectivity index (χ1) is 14.3. The lowest BCUT2D eigenvalue weighted by Crippen LogP contribution is -2.23. The third-order valence-corrected chi connectivity index (χ3v) is 6.06. The van der Waals surface area contributed by atoms with Gasteiger partial charge in [0.2, 0.25) is 0 Å². The number of aromatic hydroxyl groups is 3. The fourth-order valence-corrected chi connectivity index (χ4v) is 3.51. The van der Waals surface area contributed by atoms with Crippen LogP contribution in [-0.2, 0) is 22.4 Å².